The molecule has 4 bridgehead atoms. The van der Waals surface area contributed by atoms with E-state index >= 15 is 0 Å². The zero-order chi connectivity index (χ0) is 30.4. The zero-order valence-electron chi connectivity index (χ0n) is 22.6. The lowest BCUT2D eigenvalue weighted by Crippen LogP contribution is -2.30. The number of ether oxygens (including phenoxy) is 2. The molecule has 220 valence electrons. The third kappa shape index (κ3) is 6.94. The van der Waals surface area contributed by atoms with Gasteiger partial charge in [0.1, 0.15) is 18.4 Å². The van der Waals surface area contributed by atoms with E-state index in [0.29, 0.717) is 5.88 Å². The molecule has 13 nitrogen and oxygen atoms in total. The number of hydrogen-bond donors (Lipinski definition) is 2. The van der Waals surface area contributed by atoms with Crippen molar-refractivity contribution in [1.29, 1.82) is 0 Å². The van der Waals surface area contributed by atoms with Crippen LogP contribution in [0, 0.1) is 10.1 Å². The predicted molar refractivity (Wildman–Crippen MR) is 159 cm³/mol. The number of nitrogens with zero attached hydrogens (tertiary/aromatic N) is 4. The number of para-hydroxylation sites is 1. The summed E-state index contributed by atoms with van der Waals surface area (Å²) in [6.45, 7) is -0.0924. The van der Waals surface area contributed by atoms with Gasteiger partial charge >= 0.3 is 0 Å². The number of carbonyl (C=O) groups excluding carboxylic acids is 1. The molecule has 0 radical (unpaired) electrons. The third-order valence-electron chi connectivity index (χ3n) is 6.42. The number of nitrogens with two attached hydrogens (primary N) is 1. The molecular formula is C29H26N6O7S. The van der Waals surface area contributed by atoms with Gasteiger partial charge in [-0.1, -0.05) is 42.5 Å². The van der Waals surface area contributed by atoms with Gasteiger partial charge in [0.25, 0.3) is 11.6 Å². The van der Waals surface area contributed by atoms with Crippen molar-refractivity contribution in [1.82, 2.24) is 14.6 Å². The van der Waals surface area contributed by atoms with E-state index in [1.807, 2.05) is 36.4 Å². The molecule has 43 heavy (non-hydrogen) atoms. The molecule has 3 N–H and O–H groups in total. The smallest absolute Gasteiger partial charge is 0.289 e. The maximum absolute atomic E-state index is 13.0. The van der Waals surface area contributed by atoms with Gasteiger partial charge in [0.05, 0.1) is 23.7 Å². The number of sulfonamides is 1. The zero-order valence-corrected chi connectivity index (χ0v) is 23.4. The summed E-state index contributed by atoms with van der Waals surface area (Å²) in [5.74, 6) is -0.374. The van der Waals surface area contributed by atoms with E-state index in [1.165, 1.54) is 23.2 Å². The second-order valence-corrected chi connectivity index (χ2v) is 11.1. The molecule has 1 amide bonds. The maximum atomic E-state index is 13.0. The van der Waals surface area contributed by atoms with Crippen molar-refractivity contribution < 1.29 is 27.6 Å². The minimum atomic E-state index is -4.33. The summed E-state index contributed by atoms with van der Waals surface area (Å²) in [5.41, 5.74) is 6.23. The molecule has 2 aromatic carbocycles. The van der Waals surface area contributed by atoms with Gasteiger partial charge in [-0.2, -0.15) is 0 Å². The van der Waals surface area contributed by atoms with Crippen molar-refractivity contribution in [2.45, 2.75) is 11.0 Å². The monoisotopic (exact) mass is 602 g/mol. The van der Waals surface area contributed by atoms with E-state index in [2.05, 4.69) is 14.7 Å². The first kappa shape index (κ1) is 29.2. The lowest BCUT2D eigenvalue weighted by atomic mass is 10.1. The fourth-order valence-corrected chi connectivity index (χ4v) is 5.59. The summed E-state index contributed by atoms with van der Waals surface area (Å²) in [6, 6.07) is 12.7. The quantitative estimate of drug-likeness (QED) is 0.317. The number of amides is 1. The van der Waals surface area contributed by atoms with Gasteiger partial charge in [-0.15, -0.1) is 0 Å². The molecule has 5 rings (SSSR count). The van der Waals surface area contributed by atoms with Crippen LogP contribution in [0.1, 0.15) is 5.56 Å². The van der Waals surface area contributed by atoms with Crippen LogP contribution < -0.4 is 15.2 Å². The molecule has 3 heterocycles. The fourth-order valence-electron chi connectivity index (χ4n) is 4.42. The first-order valence-electron chi connectivity index (χ1n) is 13.0. The van der Waals surface area contributed by atoms with Crippen LogP contribution in [0.2, 0.25) is 0 Å². The SMILES string of the molecule is NC(=O)C1=C[C@H]2CN1C=C(CNS(=O)(=O)c1ccccc1[N+](=O)[O-])N=COCC=CC=Cc1ccc3ccnc(c3c1)O2. The first-order chi connectivity index (χ1) is 20.7. The highest BCUT2D eigenvalue weighted by Crippen LogP contribution is 2.28. The van der Waals surface area contributed by atoms with Crippen molar-refractivity contribution in [2.75, 3.05) is 19.7 Å². The van der Waals surface area contributed by atoms with Crippen LogP contribution in [0.3, 0.4) is 0 Å². The molecule has 0 saturated heterocycles. The number of carbonyl (C=O) groups is 1. The van der Waals surface area contributed by atoms with Crippen LogP contribution in [-0.2, 0) is 19.6 Å². The molecule has 0 unspecified atom stereocenters. The van der Waals surface area contributed by atoms with Crippen LogP contribution in [-0.4, -0.2) is 61.3 Å². The summed E-state index contributed by atoms with van der Waals surface area (Å²) >= 11 is 0. The lowest BCUT2D eigenvalue weighted by molar-refractivity contribution is -0.387. The van der Waals surface area contributed by atoms with E-state index < -0.39 is 44.1 Å². The van der Waals surface area contributed by atoms with E-state index in [4.69, 9.17) is 15.2 Å². The molecule has 0 spiro atoms. The summed E-state index contributed by atoms with van der Waals surface area (Å²) < 4.78 is 40.0. The number of nitro benzene ring substituents is 1. The second-order valence-electron chi connectivity index (χ2n) is 9.35. The van der Waals surface area contributed by atoms with Gasteiger partial charge < -0.3 is 20.1 Å². The number of fused-ring (bicyclic) bond motifs is 3. The molecule has 0 aliphatic carbocycles. The Bertz CT molecular complexity index is 1830. The highest BCUT2D eigenvalue weighted by molar-refractivity contribution is 7.89. The van der Waals surface area contributed by atoms with Gasteiger partial charge in [-0.25, -0.2) is 23.1 Å². The lowest BCUT2D eigenvalue weighted by Gasteiger charge is -2.19. The number of allylic oxidation sites excluding steroid dienone is 2. The van der Waals surface area contributed by atoms with Crippen molar-refractivity contribution >= 4 is 44.9 Å². The van der Waals surface area contributed by atoms with Crippen molar-refractivity contribution in [3.8, 4) is 5.88 Å². The Balaban J connectivity index is 1.47. The average Bonchev–Trinajstić information content (AvgIpc) is 3.39. The van der Waals surface area contributed by atoms with Crippen LogP contribution >= 0.6 is 0 Å². The van der Waals surface area contributed by atoms with Gasteiger partial charge in [-0.05, 0) is 41.3 Å². The van der Waals surface area contributed by atoms with Crippen molar-refractivity contribution in [2.24, 2.45) is 10.7 Å². The molecule has 1 atom stereocenters. The molecule has 0 fully saturated rings. The molecule has 14 heteroatoms. The number of primary amides is 1. The number of hydrogen-bond acceptors (Lipinski definition) is 10. The van der Waals surface area contributed by atoms with E-state index in [0.717, 1.165) is 34.9 Å². The minimum Gasteiger partial charge on any atom is -0.479 e. The summed E-state index contributed by atoms with van der Waals surface area (Å²) in [5, 5.41) is 13.1. The molecule has 2 aliphatic heterocycles. The van der Waals surface area contributed by atoms with E-state index in [-0.39, 0.29) is 24.5 Å². The Morgan fingerprint density at radius 2 is 2.02 bits per heavy atom. The van der Waals surface area contributed by atoms with Crippen molar-refractivity contribution in [3.63, 3.8) is 0 Å². The third-order valence-corrected chi connectivity index (χ3v) is 7.87. The molecular weight excluding hydrogens is 576 g/mol. The molecule has 1 aromatic heterocycles. The number of benzene rings is 2. The number of nitro groups is 1. The molecule has 3 aromatic rings. The van der Waals surface area contributed by atoms with Crippen LogP contribution in [0.25, 0.3) is 16.8 Å². The second kappa shape index (κ2) is 12.7. The summed E-state index contributed by atoms with van der Waals surface area (Å²) in [7, 11) is -4.33. The molecule has 0 saturated carbocycles. The fraction of sp³-hybridized carbons (Fsp3) is 0.138. The number of aromatic nitrogens is 1. The number of rotatable bonds is 6. The Kier molecular flexibility index (Phi) is 8.59. The van der Waals surface area contributed by atoms with Crippen LogP contribution in [0.5, 0.6) is 5.88 Å². The van der Waals surface area contributed by atoms with E-state index in [9.17, 15) is 23.3 Å². The Morgan fingerprint density at radius 1 is 1.19 bits per heavy atom. The predicted octanol–water partition coefficient (Wildman–Crippen LogP) is 3.02. The summed E-state index contributed by atoms with van der Waals surface area (Å²) in [6.07, 6.45) is 12.4. The number of nitrogens with one attached hydrogen (secondary N) is 1. The molecule has 2 aliphatic rings. The maximum Gasteiger partial charge on any atom is 0.289 e. The Hall–Kier alpha value is -5.34. The summed E-state index contributed by atoms with van der Waals surface area (Å²) in [4.78, 5) is 32.6. The van der Waals surface area contributed by atoms with Crippen LogP contribution in [0.15, 0.2) is 107 Å². The highest BCUT2D eigenvalue weighted by atomic mass is 32.2. The normalized spacial score (nSPS) is 17.0. The van der Waals surface area contributed by atoms with Gasteiger partial charge in [-0.3, -0.25) is 14.9 Å². The minimum absolute atomic E-state index is 0.102. The number of aliphatic imine (C=N–C) groups is 1. The topological polar surface area (TPSA) is 179 Å². The first-order valence-corrected chi connectivity index (χ1v) is 14.4. The number of pyridine rings is 1. The van der Waals surface area contributed by atoms with Crippen molar-refractivity contribution in [3.05, 3.63) is 112 Å². The Morgan fingerprint density at radius 3 is 2.84 bits per heavy atom. The van der Waals surface area contributed by atoms with Gasteiger partial charge in [0, 0.05) is 23.8 Å². The van der Waals surface area contributed by atoms with Crippen LogP contribution in [0.4, 0.5) is 5.69 Å². The van der Waals surface area contributed by atoms with Gasteiger partial charge in [0.15, 0.2) is 11.3 Å². The van der Waals surface area contributed by atoms with Gasteiger partial charge in [0.2, 0.25) is 15.9 Å². The largest absolute Gasteiger partial charge is 0.479 e. The Labute approximate surface area is 246 Å². The highest BCUT2D eigenvalue weighted by Gasteiger charge is 2.29. The standard InChI is InChI=1S/C29H26N6O7S/c30-28(36)26-15-23-18-34(26)17-22(16-33-43(39,40)27-8-4-3-7-25(27)35(37)38)32-19-41-13-5-1-2-6-20-9-10-21-11-12-31-29(42-23)24(21)14-20/h1-12,14-15,17,19,23,33H,13,16,18H2,(H2,30,36)/t23-/m0/s1. The average molecular weight is 603 g/mol. The van der Waals surface area contributed by atoms with E-state index in [1.54, 1.807) is 24.4 Å².